The first-order valence-electron chi connectivity index (χ1n) is 7.83. The van der Waals surface area contributed by atoms with Gasteiger partial charge in [0.2, 0.25) is 5.91 Å². The number of nitrogens with zero attached hydrogens (tertiary/aromatic N) is 2. The maximum Gasteiger partial charge on any atom is 0.225 e. The summed E-state index contributed by atoms with van der Waals surface area (Å²) in [7, 11) is 0. The lowest BCUT2D eigenvalue weighted by Gasteiger charge is -2.25. The van der Waals surface area contributed by atoms with E-state index in [-0.39, 0.29) is 5.92 Å². The Morgan fingerprint density at radius 2 is 1.95 bits per heavy atom. The maximum absolute atomic E-state index is 12.4. The molecule has 2 N–H and O–H groups in total. The summed E-state index contributed by atoms with van der Waals surface area (Å²) in [5.74, 6) is 1.85. The predicted molar refractivity (Wildman–Crippen MR) is 77.7 cm³/mol. The molecular weight excluding hydrogens is 238 g/mol. The van der Waals surface area contributed by atoms with Gasteiger partial charge in [-0.05, 0) is 44.2 Å². The van der Waals surface area contributed by atoms with Gasteiger partial charge in [0.1, 0.15) is 0 Å². The Hall–Kier alpha value is -0.610. The van der Waals surface area contributed by atoms with Crippen molar-refractivity contribution >= 4 is 5.91 Å². The van der Waals surface area contributed by atoms with Crippen molar-refractivity contribution in [2.75, 3.05) is 39.3 Å². The average molecular weight is 267 g/mol. The maximum atomic E-state index is 12.4. The number of hydrogen-bond donors (Lipinski definition) is 1. The van der Waals surface area contributed by atoms with Crippen molar-refractivity contribution in [3.63, 3.8) is 0 Å². The molecule has 2 rings (SSSR count). The minimum Gasteiger partial charge on any atom is -0.341 e. The molecule has 4 nitrogen and oxygen atoms in total. The van der Waals surface area contributed by atoms with E-state index in [1.807, 2.05) is 0 Å². The second kappa shape index (κ2) is 6.71. The molecule has 4 heteroatoms. The van der Waals surface area contributed by atoms with Crippen LogP contribution < -0.4 is 5.73 Å². The second-order valence-electron chi connectivity index (χ2n) is 6.45. The van der Waals surface area contributed by atoms with Crippen LogP contribution in [-0.2, 0) is 4.79 Å². The van der Waals surface area contributed by atoms with Gasteiger partial charge in [-0.15, -0.1) is 0 Å². The Morgan fingerprint density at radius 3 is 2.58 bits per heavy atom. The molecule has 0 radical (unpaired) electrons. The summed E-state index contributed by atoms with van der Waals surface area (Å²) in [5, 5.41) is 0. The number of rotatable bonds is 5. The zero-order valence-electron chi connectivity index (χ0n) is 12.5. The van der Waals surface area contributed by atoms with E-state index in [1.54, 1.807) is 0 Å². The van der Waals surface area contributed by atoms with E-state index >= 15 is 0 Å². The highest BCUT2D eigenvalue weighted by atomic mass is 16.2. The normalized spacial score (nSPS) is 24.9. The molecule has 2 atom stereocenters. The molecule has 1 saturated heterocycles. The summed E-state index contributed by atoms with van der Waals surface area (Å²) in [6, 6.07) is 0. The van der Waals surface area contributed by atoms with E-state index in [0.29, 0.717) is 17.7 Å². The standard InChI is InChI=1S/C15H29N3O/c1-12(10-16)11-17-6-3-7-18(9-8-17)15(19)13(2)14-4-5-14/h12-14H,3-11,16H2,1-2H3. The van der Waals surface area contributed by atoms with Gasteiger partial charge in [-0.2, -0.15) is 0 Å². The van der Waals surface area contributed by atoms with Gasteiger partial charge in [0.05, 0.1) is 0 Å². The first kappa shape index (κ1) is 14.8. The van der Waals surface area contributed by atoms with E-state index in [2.05, 4.69) is 23.6 Å². The van der Waals surface area contributed by atoms with Gasteiger partial charge in [-0.3, -0.25) is 4.79 Å². The molecule has 1 amide bonds. The summed E-state index contributed by atoms with van der Waals surface area (Å²) in [4.78, 5) is 17.0. The Bertz CT molecular complexity index is 304. The number of carbonyl (C=O) groups is 1. The second-order valence-corrected chi connectivity index (χ2v) is 6.45. The minimum absolute atomic E-state index is 0.245. The van der Waals surface area contributed by atoms with Crippen molar-refractivity contribution < 1.29 is 4.79 Å². The molecule has 0 spiro atoms. The first-order valence-corrected chi connectivity index (χ1v) is 7.83. The third kappa shape index (κ3) is 4.18. The van der Waals surface area contributed by atoms with E-state index in [1.165, 1.54) is 12.8 Å². The van der Waals surface area contributed by atoms with Crippen LogP contribution in [0.1, 0.15) is 33.1 Å². The lowest BCUT2D eigenvalue weighted by atomic mass is 10.0. The molecule has 0 aromatic rings. The fourth-order valence-corrected chi connectivity index (χ4v) is 2.98. The molecular formula is C15H29N3O. The lowest BCUT2D eigenvalue weighted by Crippen LogP contribution is -2.39. The van der Waals surface area contributed by atoms with Crippen molar-refractivity contribution in [1.29, 1.82) is 0 Å². The Labute approximate surface area is 117 Å². The average Bonchev–Trinajstić information content (AvgIpc) is 3.24. The molecule has 1 aliphatic carbocycles. The van der Waals surface area contributed by atoms with Crippen molar-refractivity contribution in [2.24, 2.45) is 23.5 Å². The molecule has 2 fully saturated rings. The largest absolute Gasteiger partial charge is 0.341 e. The molecule has 2 unspecified atom stereocenters. The van der Waals surface area contributed by atoms with Gasteiger partial charge < -0.3 is 15.5 Å². The number of carbonyl (C=O) groups excluding carboxylic acids is 1. The van der Waals surface area contributed by atoms with Crippen LogP contribution in [0.5, 0.6) is 0 Å². The highest BCUT2D eigenvalue weighted by Crippen LogP contribution is 2.37. The van der Waals surface area contributed by atoms with Gasteiger partial charge in [0.25, 0.3) is 0 Å². The van der Waals surface area contributed by atoms with Crippen LogP contribution in [0.15, 0.2) is 0 Å². The van der Waals surface area contributed by atoms with Crippen LogP contribution in [0.4, 0.5) is 0 Å². The van der Waals surface area contributed by atoms with E-state index in [9.17, 15) is 4.79 Å². The molecule has 19 heavy (non-hydrogen) atoms. The summed E-state index contributed by atoms with van der Waals surface area (Å²) < 4.78 is 0. The van der Waals surface area contributed by atoms with E-state index in [0.717, 1.165) is 45.7 Å². The fraction of sp³-hybridized carbons (Fsp3) is 0.933. The molecule has 110 valence electrons. The van der Waals surface area contributed by atoms with E-state index < -0.39 is 0 Å². The molecule has 0 bridgehead atoms. The molecule has 1 aliphatic heterocycles. The molecule has 0 aromatic carbocycles. The zero-order chi connectivity index (χ0) is 13.8. The fourth-order valence-electron chi connectivity index (χ4n) is 2.98. The summed E-state index contributed by atoms with van der Waals surface area (Å²) in [5.41, 5.74) is 5.69. The summed E-state index contributed by atoms with van der Waals surface area (Å²) >= 11 is 0. The Morgan fingerprint density at radius 1 is 1.21 bits per heavy atom. The summed E-state index contributed by atoms with van der Waals surface area (Å²) in [6.07, 6.45) is 3.60. The number of hydrogen-bond acceptors (Lipinski definition) is 3. The van der Waals surface area contributed by atoms with Crippen LogP contribution >= 0.6 is 0 Å². The van der Waals surface area contributed by atoms with Crippen molar-refractivity contribution in [1.82, 2.24) is 9.80 Å². The quantitative estimate of drug-likeness (QED) is 0.813. The smallest absolute Gasteiger partial charge is 0.225 e. The van der Waals surface area contributed by atoms with Gasteiger partial charge in [0, 0.05) is 32.1 Å². The first-order chi connectivity index (χ1) is 9.11. The molecule has 1 saturated carbocycles. The lowest BCUT2D eigenvalue weighted by molar-refractivity contribution is -0.135. The SMILES string of the molecule is CC(CN)CN1CCCN(C(=O)C(C)C2CC2)CC1. The monoisotopic (exact) mass is 267 g/mol. The van der Waals surface area contributed by atoms with Gasteiger partial charge >= 0.3 is 0 Å². The van der Waals surface area contributed by atoms with Crippen LogP contribution in [0, 0.1) is 17.8 Å². The van der Waals surface area contributed by atoms with Crippen molar-refractivity contribution in [3.8, 4) is 0 Å². The van der Waals surface area contributed by atoms with Gasteiger partial charge in [0.15, 0.2) is 0 Å². The topological polar surface area (TPSA) is 49.6 Å². The number of nitrogens with two attached hydrogens (primary N) is 1. The highest BCUT2D eigenvalue weighted by Gasteiger charge is 2.35. The van der Waals surface area contributed by atoms with Crippen LogP contribution in [0.2, 0.25) is 0 Å². The van der Waals surface area contributed by atoms with E-state index in [4.69, 9.17) is 5.73 Å². The zero-order valence-corrected chi connectivity index (χ0v) is 12.5. The molecule has 0 aromatic heterocycles. The third-order valence-electron chi connectivity index (χ3n) is 4.59. The van der Waals surface area contributed by atoms with Crippen LogP contribution in [0.25, 0.3) is 0 Å². The van der Waals surface area contributed by atoms with Crippen molar-refractivity contribution in [2.45, 2.75) is 33.1 Å². The van der Waals surface area contributed by atoms with Gasteiger partial charge in [-0.1, -0.05) is 13.8 Å². The van der Waals surface area contributed by atoms with Crippen LogP contribution in [0.3, 0.4) is 0 Å². The Kier molecular flexibility index (Phi) is 5.22. The molecule has 2 aliphatic rings. The predicted octanol–water partition coefficient (Wildman–Crippen LogP) is 1.16. The minimum atomic E-state index is 0.245. The third-order valence-corrected chi connectivity index (χ3v) is 4.59. The molecule has 1 heterocycles. The van der Waals surface area contributed by atoms with Crippen molar-refractivity contribution in [3.05, 3.63) is 0 Å². The summed E-state index contributed by atoms with van der Waals surface area (Å²) in [6.45, 7) is 10.1. The highest BCUT2D eigenvalue weighted by molar-refractivity contribution is 5.79. The number of amides is 1. The Balaban J connectivity index is 1.80. The van der Waals surface area contributed by atoms with Crippen LogP contribution in [-0.4, -0.2) is 55.0 Å². The van der Waals surface area contributed by atoms with Gasteiger partial charge in [-0.25, -0.2) is 0 Å².